The van der Waals surface area contributed by atoms with Gasteiger partial charge in [0.2, 0.25) is 9.84 Å². The van der Waals surface area contributed by atoms with Crippen LogP contribution in [0.2, 0.25) is 0 Å². The highest BCUT2D eigenvalue weighted by atomic mass is 32.2. The maximum absolute atomic E-state index is 12.6. The second-order valence-corrected chi connectivity index (χ2v) is 6.79. The molecule has 0 saturated carbocycles. The number of hydrogen-bond donors (Lipinski definition) is 1. The van der Waals surface area contributed by atoms with Crippen molar-refractivity contribution in [3.05, 3.63) is 59.7 Å². The fourth-order valence-electron chi connectivity index (χ4n) is 2.24. The summed E-state index contributed by atoms with van der Waals surface area (Å²) in [4.78, 5) is 14.1. The molecule has 0 fully saturated rings. The summed E-state index contributed by atoms with van der Waals surface area (Å²) in [6.45, 7) is 1.90. The van der Waals surface area contributed by atoms with Crippen molar-refractivity contribution in [3.8, 4) is 0 Å². The van der Waals surface area contributed by atoms with Gasteiger partial charge in [0.05, 0.1) is 4.90 Å². The van der Waals surface area contributed by atoms with E-state index in [9.17, 15) is 13.2 Å². The molecule has 0 amide bonds. The predicted molar refractivity (Wildman–Crippen MR) is 80.3 cm³/mol. The number of aryl methyl sites for hydroxylation is 1. The quantitative estimate of drug-likeness (QED) is 0.756. The monoisotopic (exact) mass is 299 g/mol. The van der Waals surface area contributed by atoms with E-state index in [-0.39, 0.29) is 9.92 Å². The highest BCUT2D eigenvalue weighted by Gasteiger charge is 2.20. The average Bonchev–Trinajstić information content (AvgIpc) is 2.92. The Hall–Kier alpha value is -2.40. The zero-order valence-corrected chi connectivity index (χ0v) is 12.1. The summed E-state index contributed by atoms with van der Waals surface area (Å²) < 4.78 is 25.2. The lowest BCUT2D eigenvalue weighted by Crippen LogP contribution is -2.02. The number of aldehydes is 1. The van der Waals surface area contributed by atoms with Gasteiger partial charge in [0, 0.05) is 16.5 Å². The molecule has 21 heavy (non-hydrogen) atoms. The first kappa shape index (κ1) is 13.6. The number of benzene rings is 2. The molecule has 1 aromatic heterocycles. The minimum Gasteiger partial charge on any atom is -0.345 e. The van der Waals surface area contributed by atoms with Crippen molar-refractivity contribution in [2.45, 2.75) is 16.8 Å². The minimum atomic E-state index is -3.61. The van der Waals surface area contributed by atoms with Crippen molar-refractivity contribution in [2.24, 2.45) is 0 Å². The molecular weight excluding hydrogens is 286 g/mol. The molecule has 106 valence electrons. The van der Waals surface area contributed by atoms with Crippen molar-refractivity contribution >= 4 is 27.0 Å². The van der Waals surface area contributed by atoms with E-state index >= 15 is 0 Å². The third-order valence-electron chi connectivity index (χ3n) is 3.42. The molecule has 1 N–H and O–H groups in total. The second kappa shape index (κ2) is 4.86. The molecule has 3 aromatic rings. The first-order valence-electron chi connectivity index (χ1n) is 6.41. The van der Waals surface area contributed by atoms with Gasteiger partial charge in [-0.3, -0.25) is 4.79 Å². The van der Waals surface area contributed by atoms with E-state index in [1.807, 2.05) is 6.92 Å². The lowest BCUT2D eigenvalue weighted by atomic mass is 10.1. The highest BCUT2D eigenvalue weighted by Crippen LogP contribution is 2.26. The molecular formula is C16H13NO3S. The number of aromatic amines is 1. The molecule has 5 heteroatoms. The Morgan fingerprint density at radius 2 is 1.76 bits per heavy atom. The molecule has 0 aliphatic heterocycles. The Morgan fingerprint density at radius 3 is 2.43 bits per heavy atom. The van der Waals surface area contributed by atoms with Crippen LogP contribution in [-0.4, -0.2) is 19.7 Å². The SMILES string of the molecule is Cc1ccc(S(=O)(=O)c2cc3c(C=O)cccc3[nH]2)cc1. The van der Waals surface area contributed by atoms with Gasteiger partial charge < -0.3 is 4.98 Å². The Morgan fingerprint density at radius 1 is 1.05 bits per heavy atom. The van der Waals surface area contributed by atoms with Gasteiger partial charge in [0.1, 0.15) is 5.03 Å². The number of aromatic nitrogens is 1. The molecule has 0 aliphatic rings. The number of rotatable bonds is 3. The van der Waals surface area contributed by atoms with Crippen LogP contribution in [0.4, 0.5) is 0 Å². The number of sulfone groups is 1. The van der Waals surface area contributed by atoms with Gasteiger partial charge in [-0.05, 0) is 31.2 Å². The third-order valence-corrected chi connectivity index (χ3v) is 5.11. The van der Waals surface area contributed by atoms with E-state index in [2.05, 4.69) is 4.98 Å². The predicted octanol–water partition coefficient (Wildman–Crippen LogP) is 3.12. The van der Waals surface area contributed by atoms with Gasteiger partial charge in [0.15, 0.2) is 6.29 Å². The Labute approximate surface area is 122 Å². The minimum absolute atomic E-state index is 0.0932. The van der Waals surface area contributed by atoms with Crippen LogP contribution in [0.3, 0.4) is 0 Å². The van der Waals surface area contributed by atoms with E-state index in [4.69, 9.17) is 0 Å². The summed E-state index contributed by atoms with van der Waals surface area (Å²) in [5.74, 6) is 0. The topological polar surface area (TPSA) is 67.0 Å². The van der Waals surface area contributed by atoms with Gasteiger partial charge in [-0.25, -0.2) is 8.42 Å². The number of H-pyrrole nitrogens is 1. The van der Waals surface area contributed by atoms with Crippen LogP contribution >= 0.6 is 0 Å². The summed E-state index contributed by atoms with van der Waals surface area (Å²) in [6, 6.07) is 13.3. The van der Waals surface area contributed by atoms with Crippen LogP contribution < -0.4 is 0 Å². The number of nitrogens with one attached hydrogen (secondary N) is 1. The van der Waals surface area contributed by atoms with E-state index in [1.54, 1.807) is 42.5 Å². The van der Waals surface area contributed by atoms with Crippen LogP contribution in [0.25, 0.3) is 10.9 Å². The normalized spacial score (nSPS) is 11.7. The molecule has 4 nitrogen and oxygen atoms in total. The van der Waals surface area contributed by atoms with Crippen molar-refractivity contribution < 1.29 is 13.2 Å². The third kappa shape index (κ3) is 2.25. The Kier molecular flexibility index (Phi) is 3.14. The Bertz CT molecular complexity index is 922. The fourth-order valence-corrected chi connectivity index (χ4v) is 3.51. The summed E-state index contributed by atoms with van der Waals surface area (Å²) in [5.41, 5.74) is 2.09. The van der Waals surface area contributed by atoms with E-state index in [1.165, 1.54) is 6.07 Å². The van der Waals surface area contributed by atoms with E-state index < -0.39 is 9.84 Å². The van der Waals surface area contributed by atoms with Crippen LogP contribution in [0.1, 0.15) is 15.9 Å². The largest absolute Gasteiger partial charge is 0.345 e. The molecule has 2 aromatic carbocycles. The van der Waals surface area contributed by atoms with Crippen molar-refractivity contribution in [2.75, 3.05) is 0 Å². The van der Waals surface area contributed by atoms with Crippen molar-refractivity contribution in [1.82, 2.24) is 4.98 Å². The van der Waals surface area contributed by atoms with Crippen LogP contribution in [0.5, 0.6) is 0 Å². The molecule has 0 bridgehead atoms. The number of fused-ring (bicyclic) bond motifs is 1. The van der Waals surface area contributed by atoms with E-state index in [0.29, 0.717) is 16.5 Å². The van der Waals surface area contributed by atoms with Crippen LogP contribution in [0.15, 0.2) is 58.5 Å². The summed E-state index contributed by atoms with van der Waals surface area (Å²) >= 11 is 0. The van der Waals surface area contributed by atoms with Crippen LogP contribution in [0, 0.1) is 6.92 Å². The molecule has 0 unspecified atom stereocenters. The zero-order valence-electron chi connectivity index (χ0n) is 11.3. The lowest BCUT2D eigenvalue weighted by molar-refractivity contribution is 0.112. The standard InChI is InChI=1S/C16H13NO3S/c1-11-5-7-13(8-6-11)21(19,20)16-9-14-12(10-18)3-2-4-15(14)17-16/h2-10,17H,1H3. The number of carbonyl (C=O) groups is 1. The number of carbonyl (C=O) groups excluding carboxylic acids is 1. The first-order chi connectivity index (χ1) is 10.0. The molecule has 0 saturated heterocycles. The molecule has 0 atom stereocenters. The molecule has 0 spiro atoms. The maximum atomic E-state index is 12.6. The second-order valence-electron chi connectivity index (χ2n) is 4.88. The average molecular weight is 299 g/mol. The zero-order chi connectivity index (χ0) is 15.0. The van der Waals surface area contributed by atoms with Gasteiger partial charge in [-0.15, -0.1) is 0 Å². The summed E-state index contributed by atoms with van der Waals surface area (Å²) in [6.07, 6.45) is 0.721. The van der Waals surface area contributed by atoms with Crippen LogP contribution in [-0.2, 0) is 9.84 Å². The van der Waals surface area contributed by atoms with Gasteiger partial charge in [-0.1, -0.05) is 29.8 Å². The molecule has 1 heterocycles. The fraction of sp³-hybridized carbons (Fsp3) is 0.0625. The lowest BCUT2D eigenvalue weighted by Gasteiger charge is -2.02. The molecule has 3 rings (SSSR count). The van der Waals surface area contributed by atoms with Gasteiger partial charge in [0.25, 0.3) is 0 Å². The molecule has 0 aliphatic carbocycles. The maximum Gasteiger partial charge on any atom is 0.221 e. The van der Waals surface area contributed by atoms with Gasteiger partial charge in [-0.2, -0.15) is 0 Å². The van der Waals surface area contributed by atoms with Crippen molar-refractivity contribution in [3.63, 3.8) is 0 Å². The summed E-state index contributed by atoms with van der Waals surface area (Å²) in [7, 11) is -3.61. The van der Waals surface area contributed by atoms with E-state index in [0.717, 1.165) is 11.8 Å². The molecule has 0 radical (unpaired) electrons. The van der Waals surface area contributed by atoms with Crippen molar-refractivity contribution in [1.29, 1.82) is 0 Å². The smallest absolute Gasteiger partial charge is 0.221 e. The highest BCUT2D eigenvalue weighted by molar-refractivity contribution is 7.91. The number of hydrogen-bond acceptors (Lipinski definition) is 3. The Balaban J connectivity index is 2.19. The first-order valence-corrected chi connectivity index (χ1v) is 7.89. The van der Waals surface area contributed by atoms with Gasteiger partial charge >= 0.3 is 0 Å². The summed E-state index contributed by atoms with van der Waals surface area (Å²) in [5, 5.41) is 0.703.